The Bertz CT molecular complexity index is 101. The first-order valence-corrected chi connectivity index (χ1v) is 3.59. The van der Waals surface area contributed by atoms with Gasteiger partial charge in [0, 0.05) is 7.11 Å². The van der Waals surface area contributed by atoms with E-state index < -0.39 is 0 Å². The van der Waals surface area contributed by atoms with Crippen molar-refractivity contribution in [3.8, 4) is 0 Å². The number of alkyl halides is 1. The summed E-state index contributed by atoms with van der Waals surface area (Å²) in [6.07, 6.45) is 5.67. The summed E-state index contributed by atoms with van der Waals surface area (Å²) in [5.74, 6) is 0. The Morgan fingerprint density at radius 2 is 2.50 bits per heavy atom. The predicted molar refractivity (Wildman–Crippen MR) is 37.3 cm³/mol. The van der Waals surface area contributed by atoms with E-state index in [2.05, 4.69) is 28.1 Å². The molecule has 0 aromatic rings. The maximum Gasteiger partial charge on any atom is 0.0765 e. The van der Waals surface area contributed by atoms with Crippen LogP contribution in [0, 0.1) is 0 Å². The molecule has 1 nitrogen and oxygen atoms in total. The molecule has 2 heteroatoms. The fourth-order valence-corrected chi connectivity index (χ4v) is 1.47. The number of rotatable bonds is 1. The van der Waals surface area contributed by atoms with Gasteiger partial charge >= 0.3 is 0 Å². The van der Waals surface area contributed by atoms with E-state index in [1.165, 1.54) is 0 Å². The highest BCUT2D eigenvalue weighted by atomic mass is 79.9. The minimum atomic E-state index is 0.370. The molecular weight excluding hydrogens is 168 g/mol. The molecule has 2 atom stereocenters. The van der Waals surface area contributed by atoms with E-state index in [0.717, 1.165) is 6.42 Å². The minimum absolute atomic E-state index is 0.370. The molecule has 1 aliphatic carbocycles. The molecule has 0 bridgehead atoms. The van der Waals surface area contributed by atoms with Gasteiger partial charge in [0.1, 0.15) is 0 Å². The van der Waals surface area contributed by atoms with Gasteiger partial charge in [-0.1, -0.05) is 28.1 Å². The largest absolute Gasteiger partial charge is 0.380 e. The van der Waals surface area contributed by atoms with Gasteiger partial charge in [0.2, 0.25) is 0 Å². The lowest BCUT2D eigenvalue weighted by atomic mass is 10.3. The van der Waals surface area contributed by atoms with E-state index in [1.807, 2.05) is 0 Å². The first kappa shape index (κ1) is 6.30. The molecule has 2 unspecified atom stereocenters. The highest BCUT2D eigenvalue weighted by molar-refractivity contribution is 9.09. The van der Waals surface area contributed by atoms with Crippen LogP contribution in [0.5, 0.6) is 0 Å². The van der Waals surface area contributed by atoms with Gasteiger partial charge in [-0.2, -0.15) is 0 Å². The summed E-state index contributed by atoms with van der Waals surface area (Å²) in [6.45, 7) is 0. The van der Waals surface area contributed by atoms with Crippen LogP contribution < -0.4 is 0 Å². The zero-order chi connectivity index (χ0) is 5.98. The van der Waals surface area contributed by atoms with Gasteiger partial charge in [-0.15, -0.1) is 0 Å². The maximum atomic E-state index is 5.11. The van der Waals surface area contributed by atoms with Crippen LogP contribution in [0.3, 0.4) is 0 Å². The second-order valence-corrected chi connectivity index (χ2v) is 2.94. The Morgan fingerprint density at radius 1 is 1.75 bits per heavy atom. The average molecular weight is 177 g/mol. The topological polar surface area (TPSA) is 9.23 Å². The monoisotopic (exact) mass is 176 g/mol. The number of hydrogen-bond donors (Lipinski definition) is 0. The summed E-state index contributed by atoms with van der Waals surface area (Å²) in [5.41, 5.74) is 0. The third-order valence-electron chi connectivity index (χ3n) is 1.35. The number of hydrogen-bond acceptors (Lipinski definition) is 1. The average Bonchev–Trinajstić information content (AvgIpc) is 2.14. The summed E-state index contributed by atoms with van der Waals surface area (Å²) in [4.78, 5) is 0.437. The SMILES string of the molecule is COC1CC=CC1Br. The number of halogens is 1. The van der Waals surface area contributed by atoms with Crippen molar-refractivity contribution < 1.29 is 4.74 Å². The maximum absolute atomic E-state index is 5.11. The van der Waals surface area contributed by atoms with Crippen LogP contribution in [0.4, 0.5) is 0 Å². The molecule has 1 aliphatic rings. The molecule has 0 aromatic carbocycles. The highest BCUT2D eigenvalue weighted by Crippen LogP contribution is 2.20. The second kappa shape index (κ2) is 2.65. The van der Waals surface area contributed by atoms with Crippen molar-refractivity contribution in [1.29, 1.82) is 0 Å². The van der Waals surface area contributed by atoms with Gasteiger partial charge in [0.15, 0.2) is 0 Å². The van der Waals surface area contributed by atoms with E-state index in [4.69, 9.17) is 4.74 Å². The number of methoxy groups -OCH3 is 1. The third kappa shape index (κ3) is 1.12. The van der Waals surface area contributed by atoms with Crippen molar-refractivity contribution in [3.63, 3.8) is 0 Å². The van der Waals surface area contributed by atoms with Crippen LogP contribution in [-0.4, -0.2) is 18.0 Å². The van der Waals surface area contributed by atoms with Gasteiger partial charge in [0.25, 0.3) is 0 Å². The molecule has 0 fully saturated rings. The molecule has 46 valence electrons. The van der Waals surface area contributed by atoms with E-state index >= 15 is 0 Å². The molecule has 1 rings (SSSR count). The fraction of sp³-hybridized carbons (Fsp3) is 0.667. The predicted octanol–water partition coefficient (Wildman–Crippen LogP) is 1.72. The standard InChI is InChI=1S/C6H9BrO/c1-8-6-4-2-3-5(6)7/h2-3,5-6H,4H2,1H3. The van der Waals surface area contributed by atoms with E-state index in [9.17, 15) is 0 Å². The van der Waals surface area contributed by atoms with E-state index in [1.54, 1.807) is 7.11 Å². The Kier molecular flexibility index (Phi) is 2.08. The Labute approximate surface area is 57.8 Å². The minimum Gasteiger partial charge on any atom is -0.380 e. The lowest BCUT2D eigenvalue weighted by molar-refractivity contribution is 0.119. The van der Waals surface area contributed by atoms with Crippen LogP contribution in [0.1, 0.15) is 6.42 Å². The van der Waals surface area contributed by atoms with Crippen LogP contribution in [0.15, 0.2) is 12.2 Å². The number of ether oxygens (including phenoxy) is 1. The summed E-state index contributed by atoms with van der Waals surface area (Å²) < 4.78 is 5.11. The molecular formula is C6H9BrO. The van der Waals surface area contributed by atoms with E-state index in [-0.39, 0.29) is 0 Å². The first-order chi connectivity index (χ1) is 3.84. The third-order valence-corrected chi connectivity index (χ3v) is 2.24. The van der Waals surface area contributed by atoms with Crippen LogP contribution in [0.25, 0.3) is 0 Å². The van der Waals surface area contributed by atoms with Gasteiger partial charge in [-0.05, 0) is 6.42 Å². The zero-order valence-electron chi connectivity index (χ0n) is 4.80. The van der Waals surface area contributed by atoms with Gasteiger partial charge in [0.05, 0.1) is 10.9 Å². The van der Waals surface area contributed by atoms with Gasteiger partial charge < -0.3 is 4.74 Å². The lowest BCUT2D eigenvalue weighted by Crippen LogP contribution is -2.15. The van der Waals surface area contributed by atoms with Crippen molar-refractivity contribution in [2.45, 2.75) is 17.4 Å². The first-order valence-electron chi connectivity index (χ1n) is 2.68. The van der Waals surface area contributed by atoms with Crippen molar-refractivity contribution >= 4 is 15.9 Å². The molecule has 0 aromatic heterocycles. The molecule has 0 aliphatic heterocycles. The lowest BCUT2D eigenvalue weighted by Gasteiger charge is -2.09. The molecule has 0 radical (unpaired) electrons. The zero-order valence-corrected chi connectivity index (χ0v) is 6.39. The quantitative estimate of drug-likeness (QED) is 0.437. The van der Waals surface area contributed by atoms with Gasteiger partial charge in [-0.3, -0.25) is 0 Å². The van der Waals surface area contributed by atoms with Crippen molar-refractivity contribution in [3.05, 3.63) is 12.2 Å². The molecule has 0 saturated heterocycles. The van der Waals surface area contributed by atoms with Crippen molar-refractivity contribution in [1.82, 2.24) is 0 Å². The molecule has 0 N–H and O–H groups in total. The molecule has 0 heterocycles. The van der Waals surface area contributed by atoms with Crippen LogP contribution >= 0.6 is 15.9 Å². The molecule has 0 amide bonds. The molecule has 0 spiro atoms. The second-order valence-electron chi connectivity index (χ2n) is 1.88. The van der Waals surface area contributed by atoms with E-state index in [0.29, 0.717) is 10.9 Å². The molecule has 0 saturated carbocycles. The summed E-state index contributed by atoms with van der Waals surface area (Å²) in [5, 5.41) is 0. The van der Waals surface area contributed by atoms with Gasteiger partial charge in [-0.25, -0.2) is 0 Å². The Balaban J connectivity index is 2.38. The van der Waals surface area contributed by atoms with Crippen molar-refractivity contribution in [2.75, 3.05) is 7.11 Å². The summed E-state index contributed by atoms with van der Waals surface area (Å²) in [6, 6.07) is 0. The normalized spacial score (nSPS) is 36.2. The van der Waals surface area contributed by atoms with Crippen molar-refractivity contribution in [2.24, 2.45) is 0 Å². The summed E-state index contributed by atoms with van der Waals surface area (Å²) >= 11 is 3.45. The highest BCUT2D eigenvalue weighted by Gasteiger charge is 2.18. The smallest absolute Gasteiger partial charge is 0.0765 e. The van der Waals surface area contributed by atoms with Crippen LogP contribution in [0.2, 0.25) is 0 Å². The Morgan fingerprint density at radius 3 is 2.75 bits per heavy atom. The Hall–Kier alpha value is 0.180. The summed E-state index contributed by atoms with van der Waals surface area (Å²) in [7, 11) is 1.74. The fourth-order valence-electron chi connectivity index (χ4n) is 0.823. The molecule has 8 heavy (non-hydrogen) atoms. The van der Waals surface area contributed by atoms with Crippen LogP contribution in [-0.2, 0) is 4.74 Å².